The number of hydrogen-bond acceptors (Lipinski definition) is 2. The molecule has 0 atom stereocenters. The number of alkyl halides is 3. The van der Waals surface area contributed by atoms with Crippen molar-refractivity contribution in [1.82, 2.24) is 4.90 Å². The van der Waals surface area contributed by atoms with E-state index in [4.69, 9.17) is 4.74 Å². The van der Waals surface area contributed by atoms with Gasteiger partial charge in [0.1, 0.15) is 0 Å². The smallest absolute Gasteiger partial charge is 0.378 e. The summed E-state index contributed by atoms with van der Waals surface area (Å²) >= 11 is 0. The van der Waals surface area contributed by atoms with Gasteiger partial charge < -0.3 is 9.64 Å². The van der Waals surface area contributed by atoms with Crippen LogP contribution in [-0.4, -0.2) is 31.2 Å². The van der Waals surface area contributed by atoms with Gasteiger partial charge in [0.15, 0.2) is 0 Å². The third kappa shape index (κ3) is 2.85. The minimum absolute atomic E-state index is 0.625. The second-order valence-corrected chi connectivity index (χ2v) is 4.12. The SMILES string of the molecule is C=C(c1ccc(C(F)(F)F)cc1)N1CCOCC1. The quantitative estimate of drug-likeness (QED) is 0.807. The van der Waals surface area contributed by atoms with E-state index in [9.17, 15) is 13.2 Å². The van der Waals surface area contributed by atoms with Crippen LogP contribution in [0, 0.1) is 0 Å². The molecule has 0 unspecified atom stereocenters. The Bertz CT molecular complexity index is 419. The molecule has 0 N–H and O–H groups in total. The Morgan fingerprint density at radius 2 is 1.67 bits per heavy atom. The van der Waals surface area contributed by atoms with Gasteiger partial charge in [-0.05, 0) is 17.7 Å². The first kappa shape index (κ1) is 13.0. The van der Waals surface area contributed by atoms with Crippen LogP contribution in [0.15, 0.2) is 30.8 Å². The van der Waals surface area contributed by atoms with Gasteiger partial charge in [-0.3, -0.25) is 0 Å². The summed E-state index contributed by atoms with van der Waals surface area (Å²) in [5.41, 5.74) is 0.818. The molecular weight excluding hydrogens is 243 g/mol. The normalized spacial score (nSPS) is 16.7. The standard InChI is InChI=1S/C13H14F3NO/c1-10(17-6-8-18-9-7-17)11-2-4-12(5-3-11)13(14,15)16/h2-5H,1,6-9H2. The molecule has 0 spiro atoms. The predicted molar refractivity (Wildman–Crippen MR) is 62.9 cm³/mol. The van der Waals surface area contributed by atoms with Crippen molar-refractivity contribution in [3.63, 3.8) is 0 Å². The number of ether oxygens (including phenoxy) is 1. The Labute approximate surface area is 104 Å². The maximum absolute atomic E-state index is 12.4. The zero-order valence-corrected chi connectivity index (χ0v) is 9.83. The fourth-order valence-corrected chi connectivity index (χ4v) is 1.87. The van der Waals surface area contributed by atoms with Gasteiger partial charge in [0.05, 0.1) is 18.8 Å². The highest BCUT2D eigenvalue weighted by Crippen LogP contribution is 2.30. The Morgan fingerprint density at radius 1 is 1.11 bits per heavy atom. The van der Waals surface area contributed by atoms with Crippen LogP contribution in [0.25, 0.3) is 5.70 Å². The topological polar surface area (TPSA) is 12.5 Å². The van der Waals surface area contributed by atoms with Crippen molar-refractivity contribution < 1.29 is 17.9 Å². The first-order chi connectivity index (χ1) is 8.48. The molecule has 1 aliphatic rings. The van der Waals surface area contributed by atoms with E-state index in [1.165, 1.54) is 12.1 Å². The van der Waals surface area contributed by atoms with Gasteiger partial charge in [0, 0.05) is 18.8 Å². The lowest BCUT2D eigenvalue weighted by Gasteiger charge is -2.30. The molecule has 0 aliphatic carbocycles. The maximum atomic E-state index is 12.4. The largest absolute Gasteiger partial charge is 0.416 e. The molecule has 2 nitrogen and oxygen atoms in total. The summed E-state index contributed by atoms with van der Waals surface area (Å²) in [7, 11) is 0. The van der Waals surface area contributed by atoms with Gasteiger partial charge in [0.2, 0.25) is 0 Å². The number of nitrogens with zero attached hydrogens (tertiary/aromatic N) is 1. The Morgan fingerprint density at radius 3 is 2.17 bits per heavy atom. The van der Waals surface area contributed by atoms with Crippen LogP contribution in [0.1, 0.15) is 11.1 Å². The van der Waals surface area contributed by atoms with Crippen LogP contribution in [0.3, 0.4) is 0 Å². The van der Waals surface area contributed by atoms with Crippen molar-refractivity contribution in [1.29, 1.82) is 0 Å². The molecule has 18 heavy (non-hydrogen) atoms. The van der Waals surface area contributed by atoms with Crippen LogP contribution in [-0.2, 0) is 10.9 Å². The molecule has 0 saturated carbocycles. The van der Waals surface area contributed by atoms with Crippen LogP contribution < -0.4 is 0 Å². The summed E-state index contributed by atoms with van der Waals surface area (Å²) in [6.07, 6.45) is -4.29. The van der Waals surface area contributed by atoms with E-state index in [0.717, 1.165) is 30.9 Å². The van der Waals surface area contributed by atoms with Crippen LogP contribution >= 0.6 is 0 Å². The molecule has 0 amide bonds. The molecule has 1 heterocycles. The molecule has 1 aromatic rings. The molecule has 0 radical (unpaired) electrons. The van der Waals surface area contributed by atoms with Crippen LogP contribution in [0.5, 0.6) is 0 Å². The summed E-state index contributed by atoms with van der Waals surface area (Å²) in [5.74, 6) is 0. The Balaban J connectivity index is 2.11. The van der Waals surface area contributed by atoms with Crippen LogP contribution in [0.4, 0.5) is 13.2 Å². The minimum Gasteiger partial charge on any atom is -0.378 e. The summed E-state index contributed by atoms with van der Waals surface area (Å²) < 4.78 is 42.5. The van der Waals surface area contributed by atoms with Crippen molar-refractivity contribution in [3.8, 4) is 0 Å². The van der Waals surface area contributed by atoms with Gasteiger partial charge in [-0.25, -0.2) is 0 Å². The summed E-state index contributed by atoms with van der Waals surface area (Å²) in [4.78, 5) is 2.02. The van der Waals surface area contributed by atoms with E-state index in [0.29, 0.717) is 18.8 Å². The van der Waals surface area contributed by atoms with E-state index in [-0.39, 0.29) is 0 Å². The zero-order chi connectivity index (χ0) is 13.2. The van der Waals surface area contributed by atoms with Gasteiger partial charge in [-0.2, -0.15) is 13.2 Å². The molecule has 1 saturated heterocycles. The molecular formula is C13H14F3NO. The highest BCUT2D eigenvalue weighted by Gasteiger charge is 2.30. The van der Waals surface area contributed by atoms with Crippen LogP contribution in [0.2, 0.25) is 0 Å². The molecule has 2 rings (SSSR count). The van der Waals surface area contributed by atoms with Crippen molar-refractivity contribution in [3.05, 3.63) is 42.0 Å². The monoisotopic (exact) mass is 257 g/mol. The number of rotatable bonds is 2. The molecule has 5 heteroatoms. The Kier molecular flexibility index (Phi) is 3.61. The first-order valence-corrected chi connectivity index (χ1v) is 5.68. The van der Waals surface area contributed by atoms with Gasteiger partial charge in [0.25, 0.3) is 0 Å². The fourth-order valence-electron chi connectivity index (χ4n) is 1.87. The first-order valence-electron chi connectivity index (χ1n) is 5.68. The van der Waals surface area contributed by atoms with Crippen molar-refractivity contribution in [2.45, 2.75) is 6.18 Å². The molecule has 0 bridgehead atoms. The van der Waals surface area contributed by atoms with Crippen molar-refractivity contribution in [2.75, 3.05) is 26.3 Å². The van der Waals surface area contributed by atoms with E-state index < -0.39 is 11.7 Å². The third-order valence-electron chi connectivity index (χ3n) is 2.94. The van der Waals surface area contributed by atoms with E-state index in [1.807, 2.05) is 4.90 Å². The third-order valence-corrected chi connectivity index (χ3v) is 2.94. The molecule has 1 fully saturated rings. The second-order valence-electron chi connectivity index (χ2n) is 4.12. The van der Waals surface area contributed by atoms with Crippen molar-refractivity contribution in [2.24, 2.45) is 0 Å². The lowest BCUT2D eigenvalue weighted by Crippen LogP contribution is -2.34. The minimum atomic E-state index is -4.29. The number of morpholine rings is 1. The highest BCUT2D eigenvalue weighted by atomic mass is 19.4. The van der Waals surface area contributed by atoms with E-state index in [2.05, 4.69) is 6.58 Å². The average Bonchev–Trinajstić information content (AvgIpc) is 2.38. The Hall–Kier alpha value is -1.49. The lowest BCUT2D eigenvalue weighted by molar-refractivity contribution is -0.137. The average molecular weight is 257 g/mol. The molecule has 1 aromatic carbocycles. The number of benzene rings is 1. The van der Waals surface area contributed by atoms with Gasteiger partial charge in [-0.15, -0.1) is 0 Å². The second kappa shape index (κ2) is 5.02. The summed E-state index contributed by atoms with van der Waals surface area (Å²) in [6, 6.07) is 5.09. The van der Waals surface area contributed by atoms with Gasteiger partial charge >= 0.3 is 6.18 Å². The molecule has 0 aromatic heterocycles. The van der Waals surface area contributed by atoms with Crippen molar-refractivity contribution >= 4 is 5.70 Å². The lowest BCUT2D eigenvalue weighted by atomic mass is 10.1. The zero-order valence-electron chi connectivity index (χ0n) is 9.83. The number of halogens is 3. The predicted octanol–water partition coefficient (Wildman–Crippen LogP) is 3.01. The fraction of sp³-hybridized carbons (Fsp3) is 0.385. The number of hydrogen-bond donors (Lipinski definition) is 0. The van der Waals surface area contributed by atoms with Gasteiger partial charge in [-0.1, -0.05) is 18.7 Å². The summed E-state index contributed by atoms with van der Waals surface area (Å²) in [5, 5.41) is 0. The molecule has 98 valence electrons. The highest BCUT2D eigenvalue weighted by molar-refractivity contribution is 5.62. The maximum Gasteiger partial charge on any atom is 0.416 e. The molecule has 1 aliphatic heterocycles. The van der Waals surface area contributed by atoms with E-state index >= 15 is 0 Å². The van der Waals surface area contributed by atoms with E-state index in [1.54, 1.807) is 0 Å². The summed E-state index contributed by atoms with van der Waals surface area (Å²) in [6.45, 7) is 6.62.